The summed E-state index contributed by atoms with van der Waals surface area (Å²) in [5.74, 6) is 2.69. The van der Waals surface area contributed by atoms with Gasteiger partial charge in [-0.2, -0.15) is 0 Å². The maximum Gasteiger partial charge on any atom is 0.315 e. The molecule has 0 heterocycles. The maximum absolute atomic E-state index is 12.1. The normalized spacial score (nSPS) is 39.3. The smallest absolute Gasteiger partial charge is 0.315 e. The van der Waals surface area contributed by atoms with Gasteiger partial charge in [-0.15, -0.1) is 0 Å². The highest BCUT2D eigenvalue weighted by Gasteiger charge is 2.51. The van der Waals surface area contributed by atoms with Gasteiger partial charge in [0.05, 0.1) is 0 Å². The van der Waals surface area contributed by atoms with Crippen LogP contribution in [0.3, 0.4) is 0 Å². The molecule has 2 amide bonds. The summed E-state index contributed by atoms with van der Waals surface area (Å²) in [6.07, 6.45) is 11.5. The molecule has 4 rings (SSSR count). The van der Waals surface area contributed by atoms with Gasteiger partial charge in [0.1, 0.15) is 0 Å². The number of hydrogen-bond acceptors (Lipinski definition) is 1. The molecule has 4 fully saturated rings. The van der Waals surface area contributed by atoms with Crippen molar-refractivity contribution in [3.8, 4) is 0 Å². The van der Waals surface area contributed by atoms with E-state index < -0.39 is 0 Å². The van der Waals surface area contributed by atoms with Gasteiger partial charge in [-0.05, 0) is 62.7 Å². The van der Waals surface area contributed by atoms with Crippen LogP contribution in [0.25, 0.3) is 0 Å². The van der Waals surface area contributed by atoms with E-state index in [2.05, 4.69) is 17.6 Å². The van der Waals surface area contributed by atoms with Crippen molar-refractivity contribution >= 4 is 6.03 Å². The van der Waals surface area contributed by atoms with Crippen LogP contribution in [-0.2, 0) is 0 Å². The third-order valence-electron chi connectivity index (χ3n) is 5.48. The number of carbonyl (C=O) groups is 1. The van der Waals surface area contributed by atoms with Crippen LogP contribution in [0.5, 0.6) is 0 Å². The molecule has 108 valence electrons. The lowest BCUT2D eigenvalue weighted by Crippen LogP contribution is -2.61. The number of unbranched alkanes of at least 4 members (excludes halogenated alkanes) is 2. The topological polar surface area (TPSA) is 41.1 Å². The molecular weight excluding hydrogens is 236 g/mol. The first kappa shape index (κ1) is 13.3. The molecule has 4 bridgehead atoms. The fourth-order valence-corrected chi connectivity index (χ4v) is 5.13. The zero-order chi connectivity index (χ0) is 13.3. The van der Waals surface area contributed by atoms with Crippen LogP contribution >= 0.6 is 0 Å². The van der Waals surface area contributed by atoms with Gasteiger partial charge in [-0.1, -0.05) is 19.8 Å². The number of urea groups is 1. The van der Waals surface area contributed by atoms with Gasteiger partial charge in [0.25, 0.3) is 0 Å². The molecule has 0 unspecified atom stereocenters. The summed E-state index contributed by atoms with van der Waals surface area (Å²) in [7, 11) is 0. The standard InChI is InChI=1S/C16H28N2O/c1-2-3-4-5-17-15(19)18-16-9-12-6-13(10-16)8-14(7-12)11-16/h12-14H,2-11H2,1H3,(H2,17,18,19). The molecule has 4 saturated carbocycles. The number of nitrogens with one attached hydrogen (secondary N) is 2. The Morgan fingerprint density at radius 2 is 1.63 bits per heavy atom. The molecule has 0 aliphatic heterocycles. The van der Waals surface area contributed by atoms with E-state index in [0.717, 1.165) is 30.7 Å². The Hall–Kier alpha value is -0.730. The summed E-state index contributed by atoms with van der Waals surface area (Å²) in [6, 6.07) is 0.0815. The van der Waals surface area contributed by atoms with Gasteiger partial charge in [-0.25, -0.2) is 4.79 Å². The van der Waals surface area contributed by atoms with Gasteiger partial charge in [-0.3, -0.25) is 0 Å². The predicted octanol–water partition coefficient (Wildman–Crippen LogP) is 3.44. The summed E-state index contributed by atoms with van der Waals surface area (Å²) in [5, 5.41) is 6.39. The third kappa shape index (κ3) is 2.90. The third-order valence-corrected chi connectivity index (χ3v) is 5.48. The van der Waals surface area contributed by atoms with Gasteiger partial charge in [0.2, 0.25) is 0 Å². The van der Waals surface area contributed by atoms with Crippen LogP contribution in [0.15, 0.2) is 0 Å². The number of carbonyl (C=O) groups excluding carboxylic acids is 1. The van der Waals surface area contributed by atoms with E-state index in [1.54, 1.807) is 0 Å². The summed E-state index contributed by atoms with van der Waals surface area (Å²) >= 11 is 0. The molecule has 19 heavy (non-hydrogen) atoms. The number of rotatable bonds is 5. The Labute approximate surface area is 116 Å². The summed E-state index contributed by atoms with van der Waals surface area (Å²) in [6.45, 7) is 3.02. The lowest BCUT2D eigenvalue weighted by Gasteiger charge is -2.56. The van der Waals surface area contributed by atoms with Crippen molar-refractivity contribution in [1.29, 1.82) is 0 Å². The maximum atomic E-state index is 12.1. The molecule has 0 aromatic heterocycles. The van der Waals surface area contributed by atoms with Crippen LogP contribution in [0.4, 0.5) is 4.79 Å². The first-order valence-corrected chi connectivity index (χ1v) is 8.25. The second-order valence-corrected chi connectivity index (χ2v) is 7.29. The first-order valence-electron chi connectivity index (χ1n) is 8.25. The molecule has 4 aliphatic rings. The van der Waals surface area contributed by atoms with Crippen LogP contribution in [0.1, 0.15) is 64.7 Å². The van der Waals surface area contributed by atoms with Crippen molar-refractivity contribution in [3.63, 3.8) is 0 Å². The summed E-state index contributed by atoms with van der Waals surface area (Å²) in [5.41, 5.74) is 0.156. The van der Waals surface area contributed by atoms with Crippen molar-refractivity contribution in [2.75, 3.05) is 6.54 Å². The zero-order valence-electron chi connectivity index (χ0n) is 12.2. The van der Waals surface area contributed by atoms with E-state index in [4.69, 9.17) is 0 Å². The molecule has 3 heteroatoms. The van der Waals surface area contributed by atoms with Crippen LogP contribution in [-0.4, -0.2) is 18.1 Å². The number of amides is 2. The predicted molar refractivity (Wildman–Crippen MR) is 77.0 cm³/mol. The van der Waals surface area contributed by atoms with Crippen molar-refractivity contribution in [3.05, 3.63) is 0 Å². The minimum atomic E-state index is 0.0815. The molecule has 0 saturated heterocycles. The molecule has 4 aliphatic carbocycles. The van der Waals surface area contributed by atoms with Gasteiger partial charge in [0, 0.05) is 12.1 Å². The van der Waals surface area contributed by atoms with Crippen LogP contribution in [0, 0.1) is 17.8 Å². The first-order chi connectivity index (χ1) is 9.19. The highest BCUT2D eigenvalue weighted by molar-refractivity contribution is 5.74. The molecule has 0 radical (unpaired) electrons. The summed E-state index contributed by atoms with van der Waals surface area (Å²) in [4.78, 5) is 12.1. The Kier molecular flexibility index (Phi) is 3.72. The van der Waals surface area contributed by atoms with Gasteiger partial charge < -0.3 is 10.6 Å². The van der Waals surface area contributed by atoms with Crippen molar-refractivity contribution in [1.82, 2.24) is 10.6 Å². The highest BCUT2D eigenvalue weighted by Crippen LogP contribution is 2.55. The Balaban J connectivity index is 1.50. The Morgan fingerprint density at radius 1 is 1.05 bits per heavy atom. The minimum Gasteiger partial charge on any atom is -0.338 e. The van der Waals surface area contributed by atoms with Gasteiger partial charge >= 0.3 is 6.03 Å². The minimum absolute atomic E-state index is 0.0815. The van der Waals surface area contributed by atoms with Crippen molar-refractivity contribution in [2.45, 2.75) is 70.3 Å². The molecule has 3 nitrogen and oxygen atoms in total. The SMILES string of the molecule is CCCCCNC(=O)NC12CC3CC(CC(C3)C1)C2. The Morgan fingerprint density at radius 3 is 2.16 bits per heavy atom. The second-order valence-electron chi connectivity index (χ2n) is 7.29. The average molecular weight is 264 g/mol. The number of hydrogen-bond donors (Lipinski definition) is 2. The van der Waals surface area contributed by atoms with E-state index >= 15 is 0 Å². The fourth-order valence-electron chi connectivity index (χ4n) is 5.13. The van der Waals surface area contributed by atoms with Crippen LogP contribution in [0.2, 0.25) is 0 Å². The highest BCUT2D eigenvalue weighted by atomic mass is 16.2. The molecular formula is C16H28N2O. The largest absolute Gasteiger partial charge is 0.338 e. The summed E-state index contributed by atoms with van der Waals surface area (Å²) < 4.78 is 0. The second kappa shape index (κ2) is 5.34. The fraction of sp³-hybridized carbons (Fsp3) is 0.938. The lowest BCUT2D eigenvalue weighted by molar-refractivity contribution is -0.0135. The van der Waals surface area contributed by atoms with E-state index in [-0.39, 0.29) is 11.6 Å². The molecule has 0 spiro atoms. The van der Waals surface area contributed by atoms with Gasteiger partial charge in [0.15, 0.2) is 0 Å². The lowest BCUT2D eigenvalue weighted by atomic mass is 9.53. The zero-order valence-corrected chi connectivity index (χ0v) is 12.2. The molecule has 0 atom stereocenters. The van der Waals surface area contributed by atoms with Crippen LogP contribution < -0.4 is 10.6 Å². The van der Waals surface area contributed by atoms with E-state index in [1.165, 1.54) is 51.4 Å². The molecule has 0 aromatic carbocycles. The average Bonchev–Trinajstić information content (AvgIpc) is 2.32. The molecule has 2 N–H and O–H groups in total. The quantitative estimate of drug-likeness (QED) is 0.734. The van der Waals surface area contributed by atoms with E-state index in [0.29, 0.717) is 0 Å². The van der Waals surface area contributed by atoms with Crippen molar-refractivity contribution < 1.29 is 4.79 Å². The van der Waals surface area contributed by atoms with E-state index in [9.17, 15) is 4.79 Å². The monoisotopic (exact) mass is 264 g/mol. The molecule has 0 aromatic rings. The van der Waals surface area contributed by atoms with Crippen molar-refractivity contribution in [2.24, 2.45) is 17.8 Å². The van der Waals surface area contributed by atoms with E-state index in [1.807, 2.05) is 0 Å². The Bertz CT molecular complexity index is 304.